The van der Waals surface area contributed by atoms with Crippen LogP contribution in [0.15, 0.2) is 4.99 Å². The van der Waals surface area contributed by atoms with Crippen molar-refractivity contribution in [3.63, 3.8) is 0 Å². The van der Waals surface area contributed by atoms with Gasteiger partial charge in [-0.2, -0.15) is 0 Å². The van der Waals surface area contributed by atoms with Crippen molar-refractivity contribution in [2.24, 2.45) is 22.4 Å². The molecule has 11 N–H and O–H groups in total. The van der Waals surface area contributed by atoms with E-state index in [-0.39, 0.29) is 25.3 Å². The van der Waals surface area contributed by atoms with E-state index in [4.69, 9.17) is 16.6 Å². The molecule has 0 bridgehead atoms. The predicted octanol–water partition coefficient (Wildman–Crippen LogP) is -4.04. The Hall–Kier alpha value is -4.44. The smallest absolute Gasteiger partial charge is 0.326 e. The molecule has 0 aliphatic carbocycles. The molecule has 0 aromatic carbocycles. The summed E-state index contributed by atoms with van der Waals surface area (Å²) in [6.45, 7) is 3.32. The number of nitrogens with zero attached hydrogens (tertiary/aromatic N) is 1. The maximum Gasteiger partial charge on any atom is 0.326 e. The second-order valence-corrected chi connectivity index (χ2v) is 8.48. The first-order chi connectivity index (χ1) is 17.6. The Balaban J connectivity index is 5.24. The Labute approximate surface area is 218 Å². The van der Waals surface area contributed by atoms with Gasteiger partial charge in [-0.05, 0) is 18.8 Å². The number of carbonyl (C=O) groups is 7. The van der Waals surface area contributed by atoms with Crippen LogP contribution in [-0.2, 0) is 33.6 Å². The molecule has 3 atom stereocenters. The molecule has 0 aliphatic rings. The minimum atomic E-state index is -1.62. The van der Waals surface area contributed by atoms with Crippen molar-refractivity contribution in [2.45, 2.75) is 58.2 Å². The third kappa shape index (κ3) is 14.8. The Bertz CT molecular complexity index is 918. The number of guanidine groups is 1. The van der Waals surface area contributed by atoms with Gasteiger partial charge in [0.15, 0.2) is 5.96 Å². The molecule has 0 saturated carbocycles. The van der Waals surface area contributed by atoms with E-state index in [1.165, 1.54) is 20.8 Å². The molecule has 0 heterocycles. The maximum absolute atomic E-state index is 12.6. The van der Waals surface area contributed by atoms with Crippen LogP contribution in [0, 0.1) is 5.92 Å². The van der Waals surface area contributed by atoms with E-state index in [1.807, 2.05) is 0 Å². The fraction of sp³-hybridized carbons (Fsp3) is 0.619. The minimum absolute atomic E-state index is 0.0614. The molecule has 0 aromatic rings. The van der Waals surface area contributed by atoms with E-state index in [1.54, 1.807) is 0 Å². The standard InChI is InChI=1S/C21H36N8O9/c1-10(2)17(20(37)38)29-19(36)13(7-16(33)34)28-15(32)9-26-18(35)12(5-4-6-24-21(22)23)27-14(31)8-25-11(3)30/h10,12-13,17H,4-9H2,1-3H3,(H,25,30)(H,26,35)(H,27,31)(H,28,32)(H,29,36)(H,33,34)(H,37,38)(H4,22,23,24)/t12-,13-,17-/m0/s1. The van der Waals surface area contributed by atoms with Gasteiger partial charge in [0, 0.05) is 13.5 Å². The van der Waals surface area contributed by atoms with Crippen LogP contribution in [0.3, 0.4) is 0 Å². The third-order valence-corrected chi connectivity index (χ3v) is 4.78. The number of hydrogen-bond acceptors (Lipinski definition) is 8. The average Bonchev–Trinajstić information content (AvgIpc) is 2.79. The van der Waals surface area contributed by atoms with Crippen molar-refractivity contribution in [1.29, 1.82) is 0 Å². The molecule has 17 heteroatoms. The Kier molecular flexibility index (Phi) is 15.1. The number of carbonyl (C=O) groups excluding carboxylic acids is 5. The largest absolute Gasteiger partial charge is 0.481 e. The van der Waals surface area contributed by atoms with Gasteiger partial charge in [-0.1, -0.05) is 13.8 Å². The monoisotopic (exact) mass is 544 g/mol. The van der Waals surface area contributed by atoms with Crippen molar-refractivity contribution in [2.75, 3.05) is 19.6 Å². The molecule has 0 spiro atoms. The zero-order chi connectivity index (χ0) is 29.4. The first-order valence-corrected chi connectivity index (χ1v) is 11.5. The number of carboxylic acid groups (broad SMARTS) is 2. The van der Waals surface area contributed by atoms with Crippen molar-refractivity contribution in [3.05, 3.63) is 0 Å². The summed E-state index contributed by atoms with van der Waals surface area (Å²) in [5, 5.41) is 29.6. The number of aliphatic imine (C=N–C) groups is 1. The fourth-order valence-corrected chi connectivity index (χ4v) is 2.91. The van der Waals surface area contributed by atoms with E-state index >= 15 is 0 Å². The predicted molar refractivity (Wildman–Crippen MR) is 132 cm³/mol. The van der Waals surface area contributed by atoms with Crippen molar-refractivity contribution in [1.82, 2.24) is 26.6 Å². The summed E-state index contributed by atoms with van der Waals surface area (Å²) in [7, 11) is 0. The summed E-state index contributed by atoms with van der Waals surface area (Å²) in [5.41, 5.74) is 10.5. The highest BCUT2D eigenvalue weighted by Gasteiger charge is 2.30. The molecule has 0 fully saturated rings. The zero-order valence-corrected chi connectivity index (χ0v) is 21.4. The summed E-state index contributed by atoms with van der Waals surface area (Å²) in [4.78, 5) is 86.8. The molecule has 0 rings (SSSR count). The normalized spacial score (nSPS) is 12.7. The lowest BCUT2D eigenvalue weighted by Gasteiger charge is -2.23. The quantitative estimate of drug-likeness (QED) is 0.0482. The lowest BCUT2D eigenvalue weighted by molar-refractivity contribution is -0.144. The van der Waals surface area contributed by atoms with Crippen LogP contribution in [0.1, 0.15) is 40.0 Å². The first-order valence-electron chi connectivity index (χ1n) is 11.5. The second kappa shape index (κ2) is 17.1. The number of carboxylic acids is 2. The van der Waals surface area contributed by atoms with Gasteiger partial charge in [-0.25, -0.2) is 4.79 Å². The third-order valence-electron chi connectivity index (χ3n) is 4.78. The number of nitrogens with two attached hydrogens (primary N) is 2. The lowest BCUT2D eigenvalue weighted by atomic mass is 10.0. The molecule has 5 amide bonds. The molecule has 0 aromatic heterocycles. The topological polar surface area (TPSA) is 284 Å². The van der Waals surface area contributed by atoms with Crippen LogP contribution >= 0.6 is 0 Å². The van der Waals surface area contributed by atoms with Gasteiger partial charge >= 0.3 is 11.9 Å². The van der Waals surface area contributed by atoms with Gasteiger partial charge < -0.3 is 48.3 Å². The van der Waals surface area contributed by atoms with E-state index in [0.29, 0.717) is 0 Å². The van der Waals surface area contributed by atoms with Crippen LogP contribution in [0.2, 0.25) is 0 Å². The van der Waals surface area contributed by atoms with Gasteiger partial charge in [-0.3, -0.25) is 33.8 Å². The van der Waals surface area contributed by atoms with Gasteiger partial charge in [0.1, 0.15) is 18.1 Å². The van der Waals surface area contributed by atoms with Crippen LogP contribution in [0.4, 0.5) is 0 Å². The molecule has 0 unspecified atom stereocenters. The van der Waals surface area contributed by atoms with Crippen molar-refractivity contribution >= 4 is 47.4 Å². The highest BCUT2D eigenvalue weighted by molar-refractivity contribution is 5.95. The maximum atomic E-state index is 12.6. The minimum Gasteiger partial charge on any atom is -0.481 e. The SMILES string of the molecule is CC(=O)NCC(=O)N[C@@H](CCCN=C(N)N)C(=O)NCC(=O)N[C@@H](CC(=O)O)C(=O)N[C@H](C(=O)O)C(C)C. The van der Waals surface area contributed by atoms with Crippen LogP contribution in [0.5, 0.6) is 0 Å². The molecule has 0 radical (unpaired) electrons. The number of hydrogen-bond donors (Lipinski definition) is 9. The number of nitrogens with one attached hydrogen (secondary N) is 5. The zero-order valence-electron chi connectivity index (χ0n) is 21.4. The van der Waals surface area contributed by atoms with Crippen molar-refractivity contribution in [3.8, 4) is 0 Å². The highest BCUT2D eigenvalue weighted by atomic mass is 16.4. The average molecular weight is 545 g/mol. The first kappa shape index (κ1) is 33.6. The Morgan fingerprint density at radius 2 is 1.37 bits per heavy atom. The molecule has 0 aliphatic heterocycles. The number of aliphatic carboxylic acids is 2. The molecule has 0 saturated heterocycles. The molecule has 17 nitrogen and oxygen atoms in total. The summed E-state index contributed by atoms with van der Waals surface area (Å²) in [5.74, 6) is -7.37. The van der Waals surface area contributed by atoms with Crippen LogP contribution in [-0.4, -0.2) is 95.4 Å². The van der Waals surface area contributed by atoms with Crippen molar-refractivity contribution < 1.29 is 43.8 Å². The molecule has 214 valence electrons. The highest BCUT2D eigenvalue weighted by Crippen LogP contribution is 2.04. The summed E-state index contributed by atoms with van der Waals surface area (Å²) in [6.07, 6.45) is -0.515. The second-order valence-electron chi connectivity index (χ2n) is 8.48. The summed E-state index contributed by atoms with van der Waals surface area (Å²) < 4.78 is 0. The fourth-order valence-electron chi connectivity index (χ4n) is 2.91. The van der Waals surface area contributed by atoms with E-state index in [0.717, 1.165) is 0 Å². The Morgan fingerprint density at radius 3 is 1.84 bits per heavy atom. The summed E-state index contributed by atoms with van der Waals surface area (Å²) in [6, 6.07) is -4.08. The van der Waals surface area contributed by atoms with Gasteiger partial charge in [0.2, 0.25) is 29.5 Å². The Morgan fingerprint density at radius 1 is 0.816 bits per heavy atom. The molecular formula is C21H36N8O9. The van der Waals surface area contributed by atoms with Gasteiger partial charge in [0.05, 0.1) is 19.5 Å². The van der Waals surface area contributed by atoms with E-state index in [9.17, 15) is 38.7 Å². The molecule has 38 heavy (non-hydrogen) atoms. The lowest BCUT2D eigenvalue weighted by Crippen LogP contribution is -2.55. The molecular weight excluding hydrogens is 508 g/mol. The van der Waals surface area contributed by atoms with Gasteiger partial charge in [-0.15, -0.1) is 0 Å². The van der Waals surface area contributed by atoms with Gasteiger partial charge in [0.25, 0.3) is 0 Å². The number of amides is 5. The van der Waals surface area contributed by atoms with E-state index < -0.39 is 85.0 Å². The summed E-state index contributed by atoms with van der Waals surface area (Å²) >= 11 is 0. The number of rotatable bonds is 17. The van der Waals surface area contributed by atoms with Crippen LogP contribution < -0.4 is 38.1 Å². The van der Waals surface area contributed by atoms with Crippen LogP contribution in [0.25, 0.3) is 0 Å². The van der Waals surface area contributed by atoms with E-state index in [2.05, 4.69) is 31.6 Å².